The fourth-order valence-corrected chi connectivity index (χ4v) is 1.62. The van der Waals surface area contributed by atoms with Crippen LogP contribution in [0.1, 0.15) is 0 Å². The van der Waals surface area contributed by atoms with Crippen LogP contribution >= 0.6 is 0 Å². The summed E-state index contributed by atoms with van der Waals surface area (Å²) >= 11 is 0. The Hall–Kier alpha value is -2.11. The van der Waals surface area contributed by atoms with Crippen molar-refractivity contribution in [3.63, 3.8) is 0 Å². The lowest BCUT2D eigenvalue weighted by Crippen LogP contribution is -2.42. The first-order chi connectivity index (χ1) is 8.22. The van der Waals surface area contributed by atoms with E-state index < -0.39 is 6.10 Å². The molecule has 1 unspecified atom stereocenters. The zero-order chi connectivity index (χ0) is 12.3. The van der Waals surface area contributed by atoms with Gasteiger partial charge in [0.05, 0.1) is 19.2 Å². The molecule has 0 spiro atoms. The molecule has 1 atom stereocenters. The van der Waals surface area contributed by atoms with E-state index in [4.69, 9.17) is 21.6 Å². The number of nitrogens with one attached hydrogen (secondary N) is 1. The zero-order valence-corrected chi connectivity index (χ0v) is 9.13. The standard InChI is InChI=1S/C9H13N7O/c10-4-6-5-16(1-2-17-6)8-3-7(15-12)13-9(11)14-8/h3,6H,1-2,5,12H2,(H3,11,13,14,15). The molecule has 1 aliphatic rings. The molecule has 0 amide bonds. The van der Waals surface area contributed by atoms with Crippen LogP contribution in [0, 0.1) is 11.3 Å². The van der Waals surface area contributed by atoms with Crippen LogP contribution in [0.3, 0.4) is 0 Å². The lowest BCUT2D eigenvalue weighted by atomic mass is 10.3. The van der Waals surface area contributed by atoms with Gasteiger partial charge in [-0.3, -0.25) is 0 Å². The van der Waals surface area contributed by atoms with Crippen LogP contribution < -0.4 is 21.9 Å². The predicted molar refractivity (Wildman–Crippen MR) is 61.8 cm³/mol. The third kappa shape index (κ3) is 2.52. The maximum Gasteiger partial charge on any atom is 0.223 e. The minimum absolute atomic E-state index is 0.135. The van der Waals surface area contributed by atoms with Gasteiger partial charge in [-0.2, -0.15) is 15.2 Å². The van der Waals surface area contributed by atoms with Crippen LogP contribution in [0.5, 0.6) is 0 Å². The van der Waals surface area contributed by atoms with Crippen molar-refractivity contribution in [1.82, 2.24) is 9.97 Å². The van der Waals surface area contributed by atoms with Gasteiger partial charge in [-0.15, -0.1) is 0 Å². The molecule has 1 aromatic rings. The van der Waals surface area contributed by atoms with E-state index in [9.17, 15) is 0 Å². The number of nitriles is 1. The third-order valence-corrected chi connectivity index (χ3v) is 2.41. The van der Waals surface area contributed by atoms with Crippen LogP contribution in [0.4, 0.5) is 17.6 Å². The summed E-state index contributed by atoms with van der Waals surface area (Å²) in [4.78, 5) is 9.91. The topological polar surface area (TPSA) is 126 Å². The third-order valence-electron chi connectivity index (χ3n) is 2.41. The van der Waals surface area contributed by atoms with Gasteiger partial charge in [-0.05, 0) is 0 Å². The largest absolute Gasteiger partial charge is 0.368 e. The van der Waals surface area contributed by atoms with Crippen molar-refractivity contribution < 1.29 is 4.74 Å². The number of rotatable bonds is 2. The summed E-state index contributed by atoms with van der Waals surface area (Å²) in [5.41, 5.74) is 7.99. The quantitative estimate of drug-likeness (QED) is 0.443. The van der Waals surface area contributed by atoms with Gasteiger partial charge in [0.2, 0.25) is 5.95 Å². The minimum atomic E-state index is -0.450. The number of hydrazine groups is 1. The molecule has 1 aliphatic heterocycles. The maximum absolute atomic E-state index is 8.82. The maximum atomic E-state index is 8.82. The molecule has 0 saturated carbocycles. The second-order valence-corrected chi connectivity index (χ2v) is 3.55. The van der Waals surface area contributed by atoms with Crippen LogP contribution in [0.25, 0.3) is 0 Å². The van der Waals surface area contributed by atoms with E-state index >= 15 is 0 Å². The summed E-state index contributed by atoms with van der Waals surface area (Å²) in [6, 6.07) is 3.74. The fraction of sp³-hybridized carbons (Fsp3) is 0.444. The van der Waals surface area contributed by atoms with E-state index in [1.54, 1.807) is 6.07 Å². The van der Waals surface area contributed by atoms with E-state index in [-0.39, 0.29) is 5.95 Å². The van der Waals surface area contributed by atoms with Crippen molar-refractivity contribution in [2.24, 2.45) is 5.84 Å². The average molecular weight is 235 g/mol. The summed E-state index contributed by atoms with van der Waals surface area (Å²) in [5, 5.41) is 8.82. The lowest BCUT2D eigenvalue weighted by Gasteiger charge is -2.30. The number of anilines is 3. The highest BCUT2D eigenvalue weighted by molar-refractivity contribution is 5.52. The lowest BCUT2D eigenvalue weighted by molar-refractivity contribution is 0.0761. The average Bonchev–Trinajstić information content (AvgIpc) is 2.38. The molecular formula is C9H13N7O. The first-order valence-electron chi connectivity index (χ1n) is 5.10. The number of nitrogen functional groups attached to an aromatic ring is 2. The van der Waals surface area contributed by atoms with Crippen LogP contribution in [0.2, 0.25) is 0 Å². The molecule has 17 heavy (non-hydrogen) atoms. The molecule has 1 aromatic heterocycles. The monoisotopic (exact) mass is 235 g/mol. The zero-order valence-electron chi connectivity index (χ0n) is 9.13. The van der Waals surface area contributed by atoms with Gasteiger partial charge in [0.1, 0.15) is 11.6 Å². The first kappa shape index (κ1) is 11.4. The predicted octanol–water partition coefficient (Wildman–Crippen LogP) is -0.927. The Labute approximate surface area is 98.2 Å². The molecule has 2 heterocycles. The number of aromatic nitrogens is 2. The number of hydrogen-bond acceptors (Lipinski definition) is 8. The number of nitrogens with zero attached hydrogens (tertiary/aromatic N) is 4. The summed E-state index contributed by atoms with van der Waals surface area (Å²) in [6.07, 6.45) is -0.450. The molecule has 2 rings (SSSR count). The van der Waals surface area contributed by atoms with Crippen molar-refractivity contribution in [1.29, 1.82) is 5.26 Å². The van der Waals surface area contributed by atoms with Crippen molar-refractivity contribution >= 4 is 17.6 Å². The Morgan fingerprint density at radius 2 is 2.41 bits per heavy atom. The van der Waals surface area contributed by atoms with Crippen molar-refractivity contribution in [3.8, 4) is 6.07 Å². The number of nitrogens with two attached hydrogens (primary N) is 2. The van der Waals surface area contributed by atoms with E-state index in [2.05, 4.69) is 21.5 Å². The molecule has 1 fully saturated rings. The second kappa shape index (κ2) is 4.82. The molecule has 8 nitrogen and oxygen atoms in total. The van der Waals surface area contributed by atoms with Gasteiger partial charge in [-0.1, -0.05) is 0 Å². The molecule has 5 N–H and O–H groups in total. The van der Waals surface area contributed by atoms with Crippen molar-refractivity contribution in [3.05, 3.63) is 6.07 Å². The SMILES string of the molecule is N#CC1CN(c2cc(NN)nc(N)n2)CCO1. The van der Waals surface area contributed by atoms with E-state index in [1.807, 2.05) is 4.90 Å². The van der Waals surface area contributed by atoms with Gasteiger partial charge in [-0.25, -0.2) is 5.84 Å². The Morgan fingerprint density at radius 1 is 1.59 bits per heavy atom. The molecule has 0 radical (unpaired) electrons. The minimum Gasteiger partial charge on any atom is -0.368 e. The number of morpholine rings is 1. The summed E-state index contributed by atoms with van der Waals surface area (Å²) in [6.45, 7) is 1.59. The molecule has 90 valence electrons. The fourth-order valence-electron chi connectivity index (χ4n) is 1.62. The Morgan fingerprint density at radius 3 is 3.12 bits per heavy atom. The number of ether oxygens (including phenoxy) is 1. The highest BCUT2D eigenvalue weighted by atomic mass is 16.5. The second-order valence-electron chi connectivity index (χ2n) is 3.55. The van der Waals surface area contributed by atoms with Gasteiger partial charge in [0.25, 0.3) is 0 Å². The van der Waals surface area contributed by atoms with E-state index in [1.165, 1.54) is 0 Å². The Kier molecular flexibility index (Phi) is 3.22. The molecular weight excluding hydrogens is 222 g/mol. The molecule has 0 bridgehead atoms. The van der Waals surface area contributed by atoms with Crippen LogP contribution in [0.15, 0.2) is 6.07 Å². The highest BCUT2D eigenvalue weighted by Crippen LogP contribution is 2.18. The smallest absolute Gasteiger partial charge is 0.223 e. The normalized spacial score (nSPS) is 19.8. The van der Waals surface area contributed by atoms with E-state index in [0.29, 0.717) is 31.3 Å². The number of hydrogen-bond donors (Lipinski definition) is 3. The molecule has 0 aliphatic carbocycles. The summed E-state index contributed by atoms with van der Waals surface area (Å²) in [5.74, 6) is 6.48. The van der Waals surface area contributed by atoms with Gasteiger partial charge >= 0.3 is 0 Å². The Balaban J connectivity index is 2.21. The molecule has 1 saturated heterocycles. The molecule has 8 heteroatoms. The van der Waals surface area contributed by atoms with Crippen molar-refractivity contribution in [2.45, 2.75) is 6.10 Å². The first-order valence-corrected chi connectivity index (χ1v) is 5.10. The Bertz CT molecular complexity index is 443. The molecule has 0 aromatic carbocycles. The van der Waals surface area contributed by atoms with Gasteiger partial charge < -0.3 is 20.8 Å². The van der Waals surface area contributed by atoms with Crippen LogP contribution in [-0.4, -0.2) is 35.8 Å². The van der Waals surface area contributed by atoms with Crippen molar-refractivity contribution in [2.75, 3.05) is 35.8 Å². The summed E-state index contributed by atoms with van der Waals surface area (Å²) < 4.78 is 5.25. The van der Waals surface area contributed by atoms with E-state index in [0.717, 1.165) is 0 Å². The van der Waals surface area contributed by atoms with Crippen LogP contribution in [-0.2, 0) is 4.74 Å². The summed E-state index contributed by atoms with van der Waals surface area (Å²) in [7, 11) is 0. The van der Waals surface area contributed by atoms with Gasteiger partial charge in [0, 0.05) is 12.6 Å². The highest BCUT2D eigenvalue weighted by Gasteiger charge is 2.21. The van der Waals surface area contributed by atoms with Gasteiger partial charge in [0.15, 0.2) is 6.10 Å².